The lowest BCUT2D eigenvalue weighted by molar-refractivity contribution is -0.136. The van der Waals surface area contributed by atoms with Gasteiger partial charge >= 0.3 is 5.97 Å². The molecule has 31 heavy (non-hydrogen) atoms. The smallest absolute Gasteiger partial charge is 0.307 e. The van der Waals surface area contributed by atoms with Crippen LogP contribution in [0.15, 0.2) is 59.0 Å². The summed E-state index contributed by atoms with van der Waals surface area (Å²) in [6.07, 6.45) is 0.663. The molecule has 6 nitrogen and oxygen atoms in total. The molecule has 2 N–H and O–H groups in total. The topological polar surface area (TPSA) is 94.6 Å². The van der Waals surface area contributed by atoms with Gasteiger partial charge < -0.3 is 9.52 Å². The molecule has 2 aromatic carbocycles. The third kappa shape index (κ3) is 4.14. The first-order chi connectivity index (χ1) is 14.8. The van der Waals surface area contributed by atoms with Crippen molar-refractivity contribution in [1.29, 1.82) is 5.41 Å². The summed E-state index contributed by atoms with van der Waals surface area (Å²) in [7, 11) is 0. The van der Waals surface area contributed by atoms with Gasteiger partial charge in [-0.05, 0) is 54.8 Å². The summed E-state index contributed by atoms with van der Waals surface area (Å²) in [5.41, 5.74) is 4.36. The fourth-order valence-electron chi connectivity index (χ4n) is 3.99. The Morgan fingerprint density at radius 3 is 2.65 bits per heavy atom. The quantitative estimate of drug-likeness (QED) is 0.605. The second-order valence-electron chi connectivity index (χ2n) is 7.99. The van der Waals surface area contributed by atoms with Crippen molar-refractivity contribution in [3.8, 4) is 11.3 Å². The number of aliphatic carboxylic acids is 1. The Bertz CT molecular complexity index is 1180. The lowest BCUT2D eigenvalue weighted by atomic mass is 10.0. The minimum absolute atomic E-state index is 0.0879. The predicted molar refractivity (Wildman–Crippen MR) is 118 cm³/mol. The number of nitrogens with zero attached hydrogens (tertiary/aromatic N) is 1. The summed E-state index contributed by atoms with van der Waals surface area (Å²) < 4.78 is 5.98. The van der Waals surface area contributed by atoms with E-state index in [1.165, 1.54) is 4.90 Å². The molecular weight excluding hydrogens is 392 g/mol. The van der Waals surface area contributed by atoms with Gasteiger partial charge in [-0.2, -0.15) is 0 Å². The fraction of sp³-hybridized carbons (Fsp3) is 0.240. The average molecular weight is 416 g/mol. The van der Waals surface area contributed by atoms with Gasteiger partial charge in [0.15, 0.2) is 0 Å². The van der Waals surface area contributed by atoms with Gasteiger partial charge in [-0.15, -0.1) is 0 Å². The van der Waals surface area contributed by atoms with E-state index in [1.54, 1.807) is 12.1 Å². The number of amides is 1. The highest BCUT2D eigenvalue weighted by atomic mass is 16.4. The maximum absolute atomic E-state index is 13.0. The first-order valence-electron chi connectivity index (χ1n) is 10.2. The molecule has 1 amide bonds. The van der Waals surface area contributed by atoms with Crippen molar-refractivity contribution in [2.75, 3.05) is 4.90 Å². The molecule has 0 aliphatic carbocycles. The molecule has 4 rings (SSSR count). The highest BCUT2D eigenvalue weighted by Crippen LogP contribution is 2.32. The molecule has 0 radical (unpaired) electrons. The summed E-state index contributed by atoms with van der Waals surface area (Å²) in [4.78, 5) is 25.7. The van der Waals surface area contributed by atoms with Gasteiger partial charge in [0.25, 0.3) is 0 Å². The number of hydrogen-bond acceptors (Lipinski definition) is 4. The minimum Gasteiger partial charge on any atom is -0.481 e. The predicted octanol–water partition coefficient (Wildman–Crippen LogP) is 4.76. The number of furan rings is 1. The Morgan fingerprint density at radius 2 is 1.90 bits per heavy atom. The summed E-state index contributed by atoms with van der Waals surface area (Å²) in [6.45, 7) is 4.01. The second-order valence-corrected chi connectivity index (χ2v) is 7.99. The van der Waals surface area contributed by atoms with Crippen LogP contribution in [0, 0.1) is 25.2 Å². The normalized spacial score (nSPS) is 16.2. The number of nitrogens with one attached hydrogen (secondary N) is 1. The summed E-state index contributed by atoms with van der Waals surface area (Å²) in [5.74, 6) is 0.157. The zero-order chi connectivity index (χ0) is 22.1. The number of carbonyl (C=O) groups is 2. The van der Waals surface area contributed by atoms with Crippen molar-refractivity contribution in [2.24, 2.45) is 5.92 Å². The van der Waals surface area contributed by atoms with Crippen LogP contribution in [0.3, 0.4) is 0 Å². The van der Waals surface area contributed by atoms with E-state index in [1.807, 2.05) is 56.3 Å². The van der Waals surface area contributed by atoms with Crippen LogP contribution in [0.2, 0.25) is 0 Å². The summed E-state index contributed by atoms with van der Waals surface area (Å²) >= 11 is 0. The number of rotatable bonds is 6. The van der Waals surface area contributed by atoms with Crippen LogP contribution in [0.5, 0.6) is 0 Å². The van der Waals surface area contributed by atoms with E-state index in [-0.39, 0.29) is 24.1 Å². The fourth-order valence-corrected chi connectivity index (χ4v) is 3.99. The number of benzene rings is 2. The van der Waals surface area contributed by atoms with Crippen molar-refractivity contribution < 1.29 is 19.1 Å². The van der Waals surface area contributed by atoms with Crippen molar-refractivity contribution in [1.82, 2.24) is 0 Å². The van der Waals surface area contributed by atoms with E-state index in [0.717, 1.165) is 22.4 Å². The molecular formula is C25H24N2O4. The van der Waals surface area contributed by atoms with Crippen LogP contribution < -0.4 is 4.90 Å². The van der Waals surface area contributed by atoms with E-state index in [9.17, 15) is 9.59 Å². The van der Waals surface area contributed by atoms with Gasteiger partial charge in [-0.3, -0.25) is 19.9 Å². The van der Waals surface area contributed by atoms with Crippen molar-refractivity contribution in [3.05, 3.63) is 77.0 Å². The molecule has 1 saturated heterocycles. The summed E-state index contributed by atoms with van der Waals surface area (Å²) in [6, 6.07) is 16.7. The highest BCUT2D eigenvalue weighted by Gasteiger charge is 2.37. The lowest BCUT2D eigenvalue weighted by Gasteiger charge is -2.18. The molecule has 1 fully saturated rings. The van der Waals surface area contributed by atoms with Gasteiger partial charge in [0.2, 0.25) is 5.91 Å². The van der Waals surface area contributed by atoms with Crippen LogP contribution in [-0.2, 0) is 22.4 Å². The van der Waals surface area contributed by atoms with Crippen molar-refractivity contribution >= 4 is 23.4 Å². The maximum Gasteiger partial charge on any atom is 0.307 e. The minimum atomic E-state index is -0.902. The third-order valence-electron chi connectivity index (χ3n) is 5.76. The maximum atomic E-state index is 13.0. The van der Waals surface area contributed by atoms with Gasteiger partial charge in [0, 0.05) is 18.4 Å². The standard InChI is InChI=1S/C25H24N2O4/c1-15-7-8-19(11-16(15)2)27-23(26)13-18(25(27)30)12-20-9-10-22(31-20)21-6-4-3-5-17(21)14-24(28)29/h3-11,18,26H,12-14H2,1-2H3,(H,28,29). The van der Waals surface area contributed by atoms with Crippen LogP contribution in [0.4, 0.5) is 5.69 Å². The third-order valence-corrected chi connectivity index (χ3v) is 5.76. The lowest BCUT2D eigenvalue weighted by Crippen LogP contribution is -2.30. The van der Waals surface area contributed by atoms with E-state index in [4.69, 9.17) is 14.9 Å². The summed E-state index contributed by atoms with van der Waals surface area (Å²) in [5, 5.41) is 17.5. The van der Waals surface area contributed by atoms with Crippen molar-refractivity contribution in [3.63, 3.8) is 0 Å². The molecule has 6 heteroatoms. The largest absolute Gasteiger partial charge is 0.481 e. The van der Waals surface area contributed by atoms with E-state index in [2.05, 4.69) is 0 Å². The van der Waals surface area contributed by atoms with E-state index >= 15 is 0 Å². The second kappa shape index (κ2) is 8.22. The first kappa shape index (κ1) is 20.6. The number of anilines is 1. The molecule has 1 aliphatic heterocycles. The van der Waals surface area contributed by atoms with Gasteiger partial charge in [-0.25, -0.2) is 0 Å². The molecule has 1 aliphatic rings. The number of aryl methyl sites for hydroxylation is 2. The average Bonchev–Trinajstić information content (AvgIpc) is 3.29. The van der Waals surface area contributed by atoms with Crippen LogP contribution in [-0.4, -0.2) is 22.8 Å². The van der Waals surface area contributed by atoms with Gasteiger partial charge in [-0.1, -0.05) is 30.3 Å². The number of hydrogen-bond donors (Lipinski definition) is 2. The molecule has 0 bridgehead atoms. The molecule has 0 spiro atoms. The number of carboxylic acids is 1. The SMILES string of the molecule is Cc1ccc(N2C(=N)CC(Cc3ccc(-c4ccccc4CC(=O)O)o3)C2=O)cc1C. The van der Waals surface area contributed by atoms with Gasteiger partial charge in [0.05, 0.1) is 18.0 Å². The Morgan fingerprint density at radius 1 is 1.13 bits per heavy atom. The molecule has 2 heterocycles. The Kier molecular flexibility index (Phi) is 5.46. The van der Waals surface area contributed by atoms with Crippen LogP contribution in [0.25, 0.3) is 11.3 Å². The van der Waals surface area contributed by atoms with E-state index < -0.39 is 5.97 Å². The molecule has 1 aromatic heterocycles. The Labute approximate surface area is 180 Å². The number of carbonyl (C=O) groups excluding carboxylic acids is 1. The zero-order valence-electron chi connectivity index (χ0n) is 17.5. The monoisotopic (exact) mass is 416 g/mol. The van der Waals surface area contributed by atoms with Crippen LogP contribution in [0.1, 0.15) is 28.9 Å². The zero-order valence-corrected chi connectivity index (χ0v) is 17.5. The number of carboxylic acid groups (broad SMARTS) is 1. The highest BCUT2D eigenvalue weighted by molar-refractivity contribution is 6.22. The van der Waals surface area contributed by atoms with Crippen molar-refractivity contribution in [2.45, 2.75) is 33.1 Å². The Balaban J connectivity index is 1.53. The molecule has 0 saturated carbocycles. The van der Waals surface area contributed by atoms with Gasteiger partial charge in [0.1, 0.15) is 17.4 Å². The molecule has 1 unspecified atom stereocenters. The molecule has 158 valence electrons. The Hall–Kier alpha value is -3.67. The first-order valence-corrected chi connectivity index (χ1v) is 10.2. The molecule has 3 aromatic rings. The molecule has 1 atom stereocenters. The number of amidine groups is 1. The van der Waals surface area contributed by atoms with E-state index in [0.29, 0.717) is 29.9 Å². The van der Waals surface area contributed by atoms with Crippen LogP contribution >= 0.6 is 0 Å².